The third-order valence-corrected chi connectivity index (χ3v) is 8.10. The largest absolute Gasteiger partial charge is 0.480 e. The van der Waals surface area contributed by atoms with E-state index in [1.807, 2.05) is 53.4 Å². The SMILES string of the molecule is CCCCCN(C(=O)Nc1ccc(-c2ccccc2)cc1)C1Cc2ccc(SC(C)(C)C(=O)O)cc2C1. The van der Waals surface area contributed by atoms with Gasteiger partial charge in [0.25, 0.3) is 0 Å². The van der Waals surface area contributed by atoms with Crippen LogP contribution in [0.15, 0.2) is 77.7 Å². The Bertz CT molecular complexity index is 1220. The molecule has 3 aromatic carbocycles. The van der Waals surface area contributed by atoms with E-state index in [-0.39, 0.29) is 12.1 Å². The zero-order chi connectivity index (χ0) is 26.4. The molecule has 0 spiro atoms. The number of urea groups is 1. The Morgan fingerprint density at radius 2 is 1.62 bits per heavy atom. The summed E-state index contributed by atoms with van der Waals surface area (Å²) in [4.78, 5) is 28.0. The number of thioether (sulfide) groups is 1. The molecule has 0 fully saturated rings. The molecule has 0 radical (unpaired) electrons. The van der Waals surface area contributed by atoms with Crippen LogP contribution in [0.25, 0.3) is 11.1 Å². The lowest BCUT2D eigenvalue weighted by Crippen LogP contribution is -2.44. The Hall–Kier alpha value is -3.25. The summed E-state index contributed by atoms with van der Waals surface area (Å²) in [5, 5.41) is 12.6. The van der Waals surface area contributed by atoms with Gasteiger partial charge in [-0.2, -0.15) is 0 Å². The van der Waals surface area contributed by atoms with E-state index in [4.69, 9.17) is 0 Å². The van der Waals surface area contributed by atoms with Crippen molar-refractivity contribution in [3.05, 3.63) is 83.9 Å². The number of fused-ring (bicyclic) bond motifs is 1. The zero-order valence-electron chi connectivity index (χ0n) is 21.9. The van der Waals surface area contributed by atoms with Crippen molar-refractivity contribution in [2.24, 2.45) is 0 Å². The van der Waals surface area contributed by atoms with E-state index in [1.165, 1.54) is 22.9 Å². The van der Waals surface area contributed by atoms with Gasteiger partial charge < -0.3 is 15.3 Å². The summed E-state index contributed by atoms with van der Waals surface area (Å²) in [6.07, 6.45) is 4.75. The molecule has 0 saturated carbocycles. The third kappa shape index (κ3) is 6.75. The number of anilines is 1. The van der Waals surface area contributed by atoms with Crippen LogP contribution >= 0.6 is 11.8 Å². The summed E-state index contributed by atoms with van der Waals surface area (Å²) in [5.41, 5.74) is 5.49. The maximum absolute atomic E-state index is 13.5. The lowest BCUT2D eigenvalue weighted by atomic mass is 10.1. The van der Waals surface area contributed by atoms with Crippen molar-refractivity contribution in [2.75, 3.05) is 11.9 Å². The number of aliphatic carboxylic acids is 1. The quantitative estimate of drug-likeness (QED) is 0.216. The van der Waals surface area contributed by atoms with Crippen molar-refractivity contribution in [3.8, 4) is 11.1 Å². The fraction of sp³-hybridized carbons (Fsp3) is 0.355. The van der Waals surface area contributed by atoms with Crippen molar-refractivity contribution < 1.29 is 14.7 Å². The summed E-state index contributed by atoms with van der Waals surface area (Å²) in [5.74, 6) is -0.827. The molecule has 2 N–H and O–H groups in total. The van der Waals surface area contributed by atoms with Gasteiger partial charge in [0.15, 0.2) is 0 Å². The lowest BCUT2D eigenvalue weighted by Gasteiger charge is -2.29. The van der Waals surface area contributed by atoms with Crippen LogP contribution in [0.1, 0.15) is 51.2 Å². The van der Waals surface area contributed by atoms with E-state index < -0.39 is 10.7 Å². The smallest absolute Gasteiger partial charge is 0.322 e. The van der Waals surface area contributed by atoms with Gasteiger partial charge in [0.1, 0.15) is 4.75 Å². The van der Waals surface area contributed by atoms with Crippen LogP contribution in [0, 0.1) is 0 Å². The predicted octanol–water partition coefficient (Wildman–Crippen LogP) is 7.50. The van der Waals surface area contributed by atoms with E-state index >= 15 is 0 Å². The van der Waals surface area contributed by atoms with Crippen molar-refractivity contribution >= 4 is 29.4 Å². The maximum Gasteiger partial charge on any atom is 0.322 e. The minimum Gasteiger partial charge on any atom is -0.480 e. The van der Waals surface area contributed by atoms with Crippen LogP contribution < -0.4 is 5.32 Å². The maximum atomic E-state index is 13.5. The van der Waals surface area contributed by atoms with Gasteiger partial charge in [-0.3, -0.25) is 4.79 Å². The summed E-state index contributed by atoms with van der Waals surface area (Å²) in [7, 11) is 0. The average molecular weight is 517 g/mol. The number of carbonyl (C=O) groups is 2. The minimum absolute atomic E-state index is 0.0667. The highest BCUT2D eigenvalue weighted by Crippen LogP contribution is 2.36. The van der Waals surface area contributed by atoms with Crippen molar-refractivity contribution in [3.63, 3.8) is 0 Å². The molecule has 1 atom stereocenters. The topological polar surface area (TPSA) is 69.6 Å². The molecule has 3 aromatic rings. The number of rotatable bonds is 10. The molecular weight excluding hydrogens is 480 g/mol. The summed E-state index contributed by atoms with van der Waals surface area (Å²) < 4.78 is -0.894. The van der Waals surface area contributed by atoms with E-state index in [1.54, 1.807) is 13.8 Å². The van der Waals surface area contributed by atoms with Crippen molar-refractivity contribution in [1.82, 2.24) is 4.90 Å². The second-order valence-electron chi connectivity index (χ2n) is 10.2. The summed E-state index contributed by atoms with van der Waals surface area (Å²) >= 11 is 1.36. The number of carboxylic acids is 1. The molecule has 1 aliphatic rings. The molecule has 1 unspecified atom stereocenters. The minimum atomic E-state index is -0.894. The fourth-order valence-electron chi connectivity index (χ4n) is 4.75. The van der Waals surface area contributed by atoms with E-state index in [2.05, 4.69) is 36.5 Å². The molecule has 6 heteroatoms. The van der Waals surface area contributed by atoms with Crippen molar-refractivity contribution in [1.29, 1.82) is 0 Å². The third-order valence-electron chi connectivity index (χ3n) is 6.92. The lowest BCUT2D eigenvalue weighted by molar-refractivity contribution is -0.138. The molecule has 0 bridgehead atoms. The highest BCUT2D eigenvalue weighted by atomic mass is 32.2. The number of amides is 2. The number of benzene rings is 3. The molecule has 194 valence electrons. The molecule has 4 rings (SSSR count). The van der Waals surface area contributed by atoms with Gasteiger partial charge in [0, 0.05) is 23.2 Å². The monoisotopic (exact) mass is 516 g/mol. The number of carboxylic acid groups (broad SMARTS) is 1. The molecule has 0 heterocycles. The molecule has 1 aliphatic carbocycles. The van der Waals surface area contributed by atoms with Crippen LogP contribution in [0.4, 0.5) is 10.5 Å². The number of nitrogens with zero attached hydrogens (tertiary/aromatic N) is 1. The molecule has 0 aromatic heterocycles. The van der Waals surface area contributed by atoms with Gasteiger partial charge >= 0.3 is 12.0 Å². The van der Waals surface area contributed by atoms with Gasteiger partial charge in [0.2, 0.25) is 0 Å². The normalized spacial score (nSPS) is 14.7. The molecule has 2 amide bonds. The van der Waals surface area contributed by atoms with E-state index in [0.29, 0.717) is 6.54 Å². The molecular formula is C31H36N2O3S. The Labute approximate surface area is 224 Å². The summed E-state index contributed by atoms with van der Waals surface area (Å²) in [6, 6.07) is 24.4. The first-order valence-electron chi connectivity index (χ1n) is 13.0. The van der Waals surface area contributed by atoms with Gasteiger partial charge in [-0.1, -0.05) is 68.3 Å². The van der Waals surface area contributed by atoms with Crippen LogP contribution in [-0.4, -0.2) is 39.3 Å². The van der Waals surface area contributed by atoms with Gasteiger partial charge in [0.05, 0.1) is 0 Å². The van der Waals surface area contributed by atoms with Crippen LogP contribution in [0.2, 0.25) is 0 Å². The predicted molar refractivity (Wildman–Crippen MR) is 152 cm³/mol. The Balaban J connectivity index is 1.46. The van der Waals surface area contributed by atoms with Gasteiger partial charge in [-0.05, 0) is 79.6 Å². The number of unbranched alkanes of at least 4 members (excludes halogenated alkanes) is 2. The Morgan fingerprint density at radius 3 is 2.30 bits per heavy atom. The molecule has 0 saturated heterocycles. The molecule has 37 heavy (non-hydrogen) atoms. The van der Waals surface area contributed by atoms with E-state index in [0.717, 1.165) is 53.8 Å². The second-order valence-corrected chi connectivity index (χ2v) is 11.9. The van der Waals surface area contributed by atoms with Gasteiger partial charge in [-0.15, -0.1) is 11.8 Å². The first kappa shape index (κ1) is 26.8. The van der Waals surface area contributed by atoms with E-state index in [9.17, 15) is 14.7 Å². The molecule has 5 nitrogen and oxygen atoms in total. The first-order chi connectivity index (χ1) is 17.8. The van der Waals surface area contributed by atoms with Crippen LogP contribution in [0.3, 0.4) is 0 Å². The Morgan fingerprint density at radius 1 is 0.946 bits per heavy atom. The van der Waals surface area contributed by atoms with Gasteiger partial charge in [-0.25, -0.2) is 4.79 Å². The van der Waals surface area contributed by atoms with Crippen molar-refractivity contribution in [2.45, 2.75) is 68.6 Å². The number of nitrogens with one attached hydrogen (secondary N) is 1. The van der Waals surface area contributed by atoms with Crippen LogP contribution in [0.5, 0.6) is 0 Å². The summed E-state index contributed by atoms with van der Waals surface area (Å²) in [6.45, 7) is 6.33. The highest BCUT2D eigenvalue weighted by molar-refractivity contribution is 8.01. The fourth-order valence-corrected chi connectivity index (χ4v) is 5.76. The first-order valence-corrected chi connectivity index (χ1v) is 13.9. The van der Waals surface area contributed by atoms with Crippen LogP contribution in [-0.2, 0) is 17.6 Å². The average Bonchev–Trinajstić information content (AvgIpc) is 3.30. The second kappa shape index (κ2) is 11.9. The molecule has 0 aliphatic heterocycles. The number of hydrogen-bond acceptors (Lipinski definition) is 3. The highest BCUT2D eigenvalue weighted by Gasteiger charge is 2.32. The standard InChI is InChI=1S/C31H36N2O3S/c1-4-5-9-18-33(30(36)32-26-15-12-23(13-16-26)22-10-7-6-8-11-22)27-19-24-14-17-28(21-25(24)20-27)37-31(2,3)29(34)35/h6-8,10-17,21,27H,4-5,9,18-20H2,1-3H3,(H,32,36)(H,34,35). The number of carbonyl (C=O) groups excluding carboxylic acids is 1. The Kier molecular flexibility index (Phi) is 8.59. The number of hydrogen-bond donors (Lipinski definition) is 2. The zero-order valence-corrected chi connectivity index (χ0v) is 22.7.